The largest absolute Gasteiger partial charge is 0.416 e. The van der Waals surface area contributed by atoms with Gasteiger partial charge in [0.15, 0.2) is 6.04 Å². The zero-order valence-electron chi connectivity index (χ0n) is 16.6. The SMILES string of the molecule is CN(Cc1cc(C(F)(F)F)cc(C(F)(F)F)c1)C(=O)C1NC(=O)CN=C1c1ccccc1. The van der Waals surface area contributed by atoms with Crippen LogP contribution >= 0.6 is 0 Å². The number of alkyl halides is 6. The van der Waals surface area contributed by atoms with Crippen LogP contribution in [0.3, 0.4) is 0 Å². The van der Waals surface area contributed by atoms with Crippen molar-refractivity contribution >= 4 is 17.5 Å². The molecular formula is C21H17F6N3O2. The fourth-order valence-electron chi connectivity index (χ4n) is 3.25. The monoisotopic (exact) mass is 457 g/mol. The van der Waals surface area contributed by atoms with Gasteiger partial charge in [-0.15, -0.1) is 0 Å². The van der Waals surface area contributed by atoms with E-state index in [1.165, 1.54) is 7.05 Å². The number of rotatable bonds is 4. The summed E-state index contributed by atoms with van der Waals surface area (Å²) in [5, 5.41) is 2.48. The molecular weight excluding hydrogens is 440 g/mol. The molecule has 0 spiro atoms. The Morgan fingerprint density at radius 2 is 1.59 bits per heavy atom. The van der Waals surface area contributed by atoms with Crippen molar-refractivity contribution in [1.29, 1.82) is 0 Å². The van der Waals surface area contributed by atoms with Crippen molar-refractivity contribution in [2.24, 2.45) is 4.99 Å². The third-order valence-corrected chi connectivity index (χ3v) is 4.73. The molecule has 2 aromatic rings. The maximum Gasteiger partial charge on any atom is 0.416 e. The molecule has 11 heteroatoms. The zero-order chi connectivity index (χ0) is 23.7. The number of amides is 2. The van der Waals surface area contributed by atoms with Crippen molar-refractivity contribution in [3.05, 3.63) is 70.8 Å². The number of carbonyl (C=O) groups excluding carboxylic acids is 2. The molecule has 2 amide bonds. The Labute approximate surface area is 178 Å². The molecule has 1 heterocycles. The predicted molar refractivity (Wildman–Crippen MR) is 103 cm³/mol. The molecule has 1 atom stereocenters. The summed E-state index contributed by atoms with van der Waals surface area (Å²) in [6.07, 6.45) is -9.99. The Morgan fingerprint density at radius 3 is 2.12 bits per heavy atom. The molecule has 1 N–H and O–H groups in total. The number of benzene rings is 2. The summed E-state index contributed by atoms with van der Waals surface area (Å²) in [6, 6.07) is 8.37. The van der Waals surface area contributed by atoms with Crippen molar-refractivity contribution in [3.8, 4) is 0 Å². The molecule has 2 aromatic carbocycles. The van der Waals surface area contributed by atoms with E-state index in [4.69, 9.17) is 0 Å². The number of likely N-dealkylation sites (N-methyl/N-ethyl adjacent to an activating group) is 1. The van der Waals surface area contributed by atoms with E-state index in [9.17, 15) is 35.9 Å². The van der Waals surface area contributed by atoms with Gasteiger partial charge in [-0.05, 0) is 29.3 Å². The van der Waals surface area contributed by atoms with Crippen LogP contribution in [0.2, 0.25) is 0 Å². The third-order valence-electron chi connectivity index (χ3n) is 4.73. The molecule has 0 radical (unpaired) electrons. The van der Waals surface area contributed by atoms with E-state index in [0.29, 0.717) is 17.7 Å². The molecule has 0 saturated heterocycles. The summed E-state index contributed by atoms with van der Waals surface area (Å²) >= 11 is 0. The number of carbonyl (C=O) groups is 2. The third kappa shape index (κ3) is 5.27. The van der Waals surface area contributed by atoms with Gasteiger partial charge in [0.2, 0.25) is 5.91 Å². The standard InChI is InChI=1S/C21H17F6N3O2/c1-30(11-12-7-14(20(22,23)24)9-15(8-12)21(25,26)27)19(32)18-17(28-10-16(31)29-18)13-5-3-2-4-6-13/h2-9,18H,10-11H2,1H3,(H,29,31). The van der Waals surface area contributed by atoms with Gasteiger partial charge in [-0.3, -0.25) is 14.6 Å². The first-order valence-corrected chi connectivity index (χ1v) is 9.28. The highest BCUT2D eigenvalue weighted by molar-refractivity contribution is 6.19. The minimum Gasteiger partial charge on any atom is -0.339 e. The fourth-order valence-corrected chi connectivity index (χ4v) is 3.25. The second-order valence-corrected chi connectivity index (χ2v) is 7.18. The molecule has 32 heavy (non-hydrogen) atoms. The fraction of sp³-hybridized carbons (Fsp3) is 0.286. The number of aliphatic imine (C=N–C) groups is 1. The average molecular weight is 457 g/mol. The van der Waals surface area contributed by atoms with Crippen molar-refractivity contribution in [2.75, 3.05) is 13.6 Å². The lowest BCUT2D eigenvalue weighted by atomic mass is 9.99. The van der Waals surface area contributed by atoms with E-state index in [1.807, 2.05) is 0 Å². The smallest absolute Gasteiger partial charge is 0.339 e. The van der Waals surface area contributed by atoms with Gasteiger partial charge in [-0.1, -0.05) is 30.3 Å². The van der Waals surface area contributed by atoms with Crippen LogP contribution in [-0.2, 0) is 28.5 Å². The Balaban J connectivity index is 1.90. The highest BCUT2D eigenvalue weighted by Crippen LogP contribution is 2.36. The van der Waals surface area contributed by atoms with Gasteiger partial charge in [-0.25, -0.2) is 0 Å². The van der Waals surface area contributed by atoms with Crippen LogP contribution in [0.25, 0.3) is 0 Å². The van der Waals surface area contributed by atoms with Crippen LogP contribution in [0.5, 0.6) is 0 Å². The maximum atomic E-state index is 13.1. The number of halogens is 6. The van der Waals surface area contributed by atoms with Gasteiger partial charge in [0, 0.05) is 13.6 Å². The lowest BCUT2D eigenvalue weighted by Gasteiger charge is -2.28. The first kappa shape index (κ1) is 23.3. The van der Waals surface area contributed by atoms with Gasteiger partial charge < -0.3 is 10.2 Å². The Bertz CT molecular complexity index is 1020. The predicted octanol–water partition coefficient (Wildman–Crippen LogP) is 3.67. The normalized spacial score (nSPS) is 16.9. The van der Waals surface area contributed by atoms with E-state index in [0.717, 1.165) is 4.90 Å². The van der Waals surface area contributed by atoms with E-state index in [-0.39, 0.29) is 23.9 Å². The number of nitrogens with zero attached hydrogens (tertiary/aromatic N) is 2. The summed E-state index contributed by atoms with van der Waals surface area (Å²) in [7, 11) is 1.22. The molecule has 3 rings (SSSR count). The topological polar surface area (TPSA) is 61.8 Å². The van der Waals surface area contributed by atoms with Crippen molar-refractivity contribution < 1.29 is 35.9 Å². The second kappa shape index (κ2) is 8.64. The highest BCUT2D eigenvalue weighted by Gasteiger charge is 2.37. The summed E-state index contributed by atoms with van der Waals surface area (Å²) in [5.41, 5.74) is -2.50. The molecule has 0 bridgehead atoms. The Hall–Kier alpha value is -3.37. The molecule has 170 valence electrons. The molecule has 0 aromatic heterocycles. The first-order valence-electron chi connectivity index (χ1n) is 9.28. The Kier molecular flexibility index (Phi) is 6.29. The molecule has 1 aliphatic rings. The van der Waals surface area contributed by atoms with Crippen molar-refractivity contribution in [2.45, 2.75) is 24.9 Å². The van der Waals surface area contributed by atoms with Crippen molar-refractivity contribution in [3.63, 3.8) is 0 Å². The van der Waals surface area contributed by atoms with E-state index in [2.05, 4.69) is 10.3 Å². The zero-order valence-corrected chi connectivity index (χ0v) is 16.6. The van der Waals surface area contributed by atoms with Gasteiger partial charge in [-0.2, -0.15) is 26.3 Å². The number of hydrogen-bond donors (Lipinski definition) is 1. The molecule has 0 fully saturated rings. The van der Waals surface area contributed by atoms with Gasteiger partial charge in [0.05, 0.1) is 16.8 Å². The maximum absolute atomic E-state index is 13.1. The van der Waals surface area contributed by atoms with Gasteiger partial charge in [0.25, 0.3) is 5.91 Å². The number of hydrogen-bond acceptors (Lipinski definition) is 3. The molecule has 0 aliphatic carbocycles. The van der Waals surface area contributed by atoms with Gasteiger partial charge >= 0.3 is 12.4 Å². The van der Waals surface area contributed by atoms with Gasteiger partial charge in [0.1, 0.15) is 6.54 Å². The number of nitrogens with one attached hydrogen (secondary N) is 1. The molecule has 5 nitrogen and oxygen atoms in total. The minimum atomic E-state index is -5.00. The van der Waals surface area contributed by atoms with Crippen molar-refractivity contribution in [1.82, 2.24) is 10.2 Å². The lowest BCUT2D eigenvalue weighted by molar-refractivity contribution is -0.143. The molecule has 0 saturated carbocycles. The quantitative estimate of drug-likeness (QED) is 0.713. The van der Waals surface area contributed by atoms with Crippen LogP contribution in [0, 0.1) is 0 Å². The summed E-state index contributed by atoms with van der Waals surface area (Å²) in [4.78, 5) is 29.9. The highest BCUT2D eigenvalue weighted by atomic mass is 19.4. The van der Waals surface area contributed by atoms with Crippen LogP contribution in [-0.4, -0.2) is 42.1 Å². The summed E-state index contributed by atoms with van der Waals surface area (Å²) in [5.74, 6) is -1.26. The van der Waals surface area contributed by atoms with E-state index in [1.54, 1.807) is 30.3 Å². The first-order chi connectivity index (χ1) is 14.9. The van der Waals surface area contributed by atoms with Crippen LogP contribution in [0.15, 0.2) is 53.5 Å². The average Bonchev–Trinajstić information content (AvgIpc) is 2.72. The van der Waals surface area contributed by atoms with Crippen LogP contribution in [0.1, 0.15) is 22.3 Å². The van der Waals surface area contributed by atoms with E-state index >= 15 is 0 Å². The van der Waals surface area contributed by atoms with E-state index < -0.39 is 47.9 Å². The summed E-state index contributed by atoms with van der Waals surface area (Å²) in [6.45, 7) is -0.749. The Morgan fingerprint density at radius 1 is 1.03 bits per heavy atom. The molecule has 1 unspecified atom stereocenters. The summed E-state index contributed by atoms with van der Waals surface area (Å²) < 4.78 is 78.6. The lowest BCUT2D eigenvalue weighted by Crippen LogP contribution is -2.55. The second-order valence-electron chi connectivity index (χ2n) is 7.18. The van der Waals surface area contributed by atoms with Crippen LogP contribution in [0.4, 0.5) is 26.3 Å². The minimum absolute atomic E-state index is 0.0207. The van der Waals surface area contributed by atoms with Crippen LogP contribution < -0.4 is 5.32 Å². The molecule has 1 aliphatic heterocycles.